The lowest BCUT2D eigenvalue weighted by Crippen LogP contribution is -2.30. The minimum atomic E-state index is -0.0297. The van der Waals surface area contributed by atoms with Gasteiger partial charge in [0.15, 0.2) is 0 Å². The number of furan rings is 1. The van der Waals surface area contributed by atoms with E-state index in [1.54, 1.807) is 17.3 Å². The molecular weight excluding hydrogens is 292 g/mol. The molecule has 0 aliphatic carbocycles. The molecule has 23 heavy (non-hydrogen) atoms. The molecule has 6 heteroatoms. The van der Waals surface area contributed by atoms with Crippen molar-refractivity contribution in [1.82, 2.24) is 20.1 Å². The molecule has 6 nitrogen and oxygen atoms in total. The molecule has 3 aromatic rings. The average molecular weight is 312 g/mol. The molecule has 120 valence electrons. The summed E-state index contributed by atoms with van der Waals surface area (Å²) in [7, 11) is 0. The first-order valence-corrected chi connectivity index (χ1v) is 7.62. The number of aryl methyl sites for hydroxylation is 2. The fourth-order valence-corrected chi connectivity index (χ4v) is 2.51. The van der Waals surface area contributed by atoms with Crippen LogP contribution in [0.5, 0.6) is 0 Å². The highest BCUT2D eigenvalue weighted by Gasteiger charge is 2.13. The summed E-state index contributed by atoms with van der Waals surface area (Å²) in [6, 6.07) is 4.15. The van der Waals surface area contributed by atoms with E-state index in [1.807, 2.05) is 13.0 Å². The normalized spacial score (nSPS) is 12.5. The van der Waals surface area contributed by atoms with Gasteiger partial charge in [0, 0.05) is 17.5 Å². The molecule has 2 heterocycles. The average Bonchev–Trinajstić information content (AvgIpc) is 3.17. The van der Waals surface area contributed by atoms with Crippen molar-refractivity contribution in [3.63, 3.8) is 0 Å². The fourth-order valence-electron chi connectivity index (χ4n) is 2.51. The first kappa shape index (κ1) is 15.3. The largest absolute Gasteiger partial charge is 0.464 e. The highest BCUT2D eigenvalue weighted by molar-refractivity contribution is 5.88. The van der Waals surface area contributed by atoms with Crippen LogP contribution in [0.25, 0.3) is 11.0 Å². The molecule has 0 saturated heterocycles. The van der Waals surface area contributed by atoms with Gasteiger partial charge in [0.05, 0.1) is 18.7 Å². The van der Waals surface area contributed by atoms with Crippen LogP contribution in [0.2, 0.25) is 0 Å². The third-order valence-corrected chi connectivity index (χ3v) is 4.10. The van der Waals surface area contributed by atoms with Crippen LogP contribution in [-0.2, 0) is 11.2 Å². The third kappa shape index (κ3) is 3.26. The Labute approximate surface area is 134 Å². The Hall–Kier alpha value is -2.63. The van der Waals surface area contributed by atoms with E-state index in [4.69, 9.17) is 4.42 Å². The minimum absolute atomic E-state index is 0.0297. The first-order valence-electron chi connectivity index (χ1n) is 7.62. The minimum Gasteiger partial charge on any atom is -0.464 e. The molecule has 2 aromatic heterocycles. The number of carbonyl (C=O) groups is 1. The maximum Gasteiger partial charge on any atom is 0.224 e. The van der Waals surface area contributed by atoms with Crippen molar-refractivity contribution in [2.24, 2.45) is 0 Å². The molecule has 3 rings (SSSR count). The van der Waals surface area contributed by atoms with Crippen LogP contribution in [-0.4, -0.2) is 27.2 Å². The summed E-state index contributed by atoms with van der Waals surface area (Å²) in [5.74, 6) is -0.0297. The SMILES string of the molecule is Cc1cc2occ(CC(=O)NC[C@@H](C)n3cncn3)c2cc1C. The maximum absolute atomic E-state index is 12.2. The van der Waals surface area contributed by atoms with E-state index in [-0.39, 0.29) is 11.9 Å². The van der Waals surface area contributed by atoms with Gasteiger partial charge in [-0.3, -0.25) is 4.79 Å². The molecule has 0 radical (unpaired) electrons. The molecule has 0 bridgehead atoms. The van der Waals surface area contributed by atoms with Gasteiger partial charge in [0.1, 0.15) is 18.2 Å². The lowest BCUT2D eigenvalue weighted by atomic mass is 10.0. The number of benzene rings is 1. The summed E-state index contributed by atoms with van der Waals surface area (Å²) < 4.78 is 7.29. The number of carbonyl (C=O) groups excluding carboxylic acids is 1. The number of nitrogens with zero attached hydrogens (tertiary/aromatic N) is 3. The van der Waals surface area contributed by atoms with E-state index in [9.17, 15) is 4.79 Å². The molecule has 0 aliphatic heterocycles. The molecule has 0 fully saturated rings. The lowest BCUT2D eigenvalue weighted by Gasteiger charge is -2.12. The molecule has 0 saturated carbocycles. The number of rotatable bonds is 5. The Balaban J connectivity index is 1.65. The Kier molecular flexibility index (Phi) is 4.14. The summed E-state index contributed by atoms with van der Waals surface area (Å²) in [5, 5.41) is 8.01. The predicted molar refractivity (Wildman–Crippen MR) is 87.1 cm³/mol. The standard InChI is InChI=1S/C17H20N4O2/c1-11-4-15-14(8-23-16(15)5-12(11)2)6-17(22)19-7-13(3)21-10-18-9-20-21/h4-5,8-10,13H,6-7H2,1-3H3,(H,19,22)/t13-/m1/s1. The van der Waals surface area contributed by atoms with Crippen molar-refractivity contribution in [1.29, 1.82) is 0 Å². The zero-order valence-electron chi connectivity index (χ0n) is 13.5. The molecule has 0 aliphatic rings. The first-order chi connectivity index (χ1) is 11.0. The monoisotopic (exact) mass is 312 g/mol. The maximum atomic E-state index is 12.2. The second-order valence-electron chi connectivity index (χ2n) is 5.90. The highest BCUT2D eigenvalue weighted by atomic mass is 16.3. The van der Waals surface area contributed by atoms with E-state index in [2.05, 4.69) is 35.3 Å². The Morgan fingerprint density at radius 2 is 2.13 bits per heavy atom. The van der Waals surface area contributed by atoms with Gasteiger partial charge in [0.25, 0.3) is 0 Å². The number of aromatic nitrogens is 3. The van der Waals surface area contributed by atoms with E-state index in [0.29, 0.717) is 13.0 Å². The Bertz CT molecular complexity index is 821. The summed E-state index contributed by atoms with van der Waals surface area (Å²) in [6.07, 6.45) is 5.11. The van der Waals surface area contributed by atoms with Crippen LogP contribution in [0, 0.1) is 13.8 Å². The Morgan fingerprint density at radius 3 is 2.87 bits per heavy atom. The second kappa shape index (κ2) is 6.24. The smallest absolute Gasteiger partial charge is 0.224 e. The zero-order chi connectivity index (χ0) is 16.4. The van der Waals surface area contributed by atoms with Crippen LogP contribution in [0.3, 0.4) is 0 Å². The van der Waals surface area contributed by atoms with Crippen LogP contribution in [0.4, 0.5) is 0 Å². The van der Waals surface area contributed by atoms with Gasteiger partial charge in [-0.25, -0.2) is 9.67 Å². The van der Waals surface area contributed by atoms with Crippen molar-refractivity contribution < 1.29 is 9.21 Å². The van der Waals surface area contributed by atoms with E-state index in [0.717, 1.165) is 16.5 Å². The van der Waals surface area contributed by atoms with Gasteiger partial charge in [-0.15, -0.1) is 0 Å². The lowest BCUT2D eigenvalue weighted by molar-refractivity contribution is -0.120. The van der Waals surface area contributed by atoms with Gasteiger partial charge >= 0.3 is 0 Å². The molecule has 0 spiro atoms. The number of fused-ring (bicyclic) bond motifs is 1. The van der Waals surface area contributed by atoms with Gasteiger partial charge in [-0.2, -0.15) is 5.10 Å². The number of hydrogen-bond acceptors (Lipinski definition) is 4. The van der Waals surface area contributed by atoms with E-state index >= 15 is 0 Å². The summed E-state index contributed by atoms with van der Waals surface area (Å²) in [4.78, 5) is 16.1. The fraction of sp³-hybridized carbons (Fsp3) is 0.353. The van der Waals surface area contributed by atoms with Crippen molar-refractivity contribution >= 4 is 16.9 Å². The summed E-state index contributed by atoms with van der Waals surface area (Å²) in [6.45, 7) is 6.60. The topological polar surface area (TPSA) is 73.0 Å². The number of nitrogens with one attached hydrogen (secondary N) is 1. The molecule has 0 unspecified atom stereocenters. The number of amides is 1. The summed E-state index contributed by atoms with van der Waals surface area (Å²) >= 11 is 0. The van der Waals surface area contributed by atoms with Gasteiger partial charge in [0.2, 0.25) is 5.91 Å². The molecule has 1 amide bonds. The molecule has 1 N–H and O–H groups in total. The Morgan fingerprint density at radius 1 is 1.35 bits per heavy atom. The third-order valence-electron chi connectivity index (χ3n) is 4.10. The van der Waals surface area contributed by atoms with Crippen molar-refractivity contribution in [2.45, 2.75) is 33.2 Å². The quantitative estimate of drug-likeness (QED) is 0.786. The predicted octanol–water partition coefficient (Wildman–Crippen LogP) is 2.56. The van der Waals surface area contributed by atoms with Crippen LogP contribution in [0.15, 0.2) is 35.5 Å². The van der Waals surface area contributed by atoms with E-state index < -0.39 is 0 Å². The van der Waals surface area contributed by atoms with Gasteiger partial charge in [-0.1, -0.05) is 0 Å². The van der Waals surface area contributed by atoms with Crippen LogP contribution < -0.4 is 5.32 Å². The molecule has 1 atom stereocenters. The number of hydrogen-bond donors (Lipinski definition) is 1. The second-order valence-corrected chi connectivity index (χ2v) is 5.90. The van der Waals surface area contributed by atoms with Crippen molar-refractivity contribution in [3.8, 4) is 0 Å². The van der Waals surface area contributed by atoms with Gasteiger partial charge < -0.3 is 9.73 Å². The van der Waals surface area contributed by atoms with Crippen LogP contribution >= 0.6 is 0 Å². The van der Waals surface area contributed by atoms with Crippen molar-refractivity contribution in [2.75, 3.05) is 6.54 Å². The van der Waals surface area contributed by atoms with Crippen LogP contribution in [0.1, 0.15) is 29.7 Å². The highest BCUT2D eigenvalue weighted by Crippen LogP contribution is 2.25. The van der Waals surface area contributed by atoms with Gasteiger partial charge in [-0.05, 0) is 44.0 Å². The van der Waals surface area contributed by atoms with E-state index in [1.165, 1.54) is 17.5 Å². The zero-order valence-corrected chi connectivity index (χ0v) is 13.5. The summed E-state index contributed by atoms with van der Waals surface area (Å²) in [5.41, 5.74) is 4.12. The molecule has 1 aromatic carbocycles. The van der Waals surface area contributed by atoms with Crippen molar-refractivity contribution in [3.05, 3.63) is 47.7 Å². The molecular formula is C17H20N4O2.